The van der Waals surface area contributed by atoms with Crippen LogP contribution in [0.15, 0.2) is 40.2 Å². The first-order valence-corrected chi connectivity index (χ1v) is 11.1. The molecule has 1 aromatic carbocycles. The number of hydrogen-bond acceptors (Lipinski definition) is 5. The van der Waals surface area contributed by atoms with Crippen molar-refractivity contribution < 1.29 is 9.53 Å². The smallest absolute Gasteiger partial charge is 0.243 e. The van der Waals surface area contributed by atoms with Gasteiger partial charge in [-0.1, -0.05) is 18.2 Å². The van der Waals surface area contributed by atoms with Gasteiger partial charge in [0.25, 0.3) is 0 Å². The summed E-state index contributed by atoms with van der Waals surface area (Å²) in [4.78, 5) is 21.7. The van der Waals surface area contributed by atoms with Crippen LogP contribution in [-0.4, -0.2) is 93.0 Å². The maximum atomic E-state index is 12.0. The molecular formula is C21H34IN5O2S. The monoisotopic (exact) mass is 547 g/mol. The largest absolute Gasteiger partial charge is 0.379 e. The zero-order valence-corrected chi connectivity index (χ0v) is 21.1. The molecular weight excluding hydrogens is 513 g/mol. The minimum absolute atomic E-state index is 0. The van der Waals surface area contributed by atoms with Crippen LogP contribution in [0.1, 0.15) is 12.8 Å². The Balaban J connectivity index is 0.00000320. The average Bonchev–Trinajstić information content (AvgIpc) is 3.50. The lowest BCUT2D eigenvalue weighted by atomic mass is 10.4. The first kappa shape index (κ1) is 25.2. The van der Waals surface area contributed by atoms with Gasteiger partial charge in [0.1, 0.15) is 6.54 Å². The number of thioether (sulfide) groups is 1. The molecule has 2 fully saturated rings. The van der Waals surface area contributed by atoms with Crippen molar-refractivity contribution in [3.8, 4) is 0 Å². The molecule has 1 amide bonds. The van der Waals surface area contributed by atoms with Gasteiger partial charge in [0.15, 0.2) is 5.96 Å². The molecule has 30 heavy (non-hydrogen) atoms. The van der Waals surface area contributed by atoms with Crippen LogP contribution in [0.25, 0.3) is 0 Å². The number of likely N-dealkylation sites (N-methyl/N-ethyl adjacent to an activating group) is 1. The molecule has 0 bridgehead atoms. The van der Waals surface area contributed by atoms with Crippen molar-refractivity contribution in [2.75, 3.05) is 66.6 Å². The highest BCUT2D eigenvalue weighted by molar-refractivity contribution is 14.0. The van der Waals surface area contributed by atoms with E-state index in [4.69, 9.17) is 4.74 Å². The maximum Gasteiger partial charge on any atom is 0.243 e. The predicted molar refractivity (Wildman–Crippen MR) is 134 cm³/mol. The molecule has 0 spiro atoms. The maximum absolute atomic E-state index is 12.0. The fourth-order valence-electron chi connectivity index (χ4n) is 3.06. The molecule has 7 nitrogen and oxygen atoms in total. The number of nitrogens with one attached hydrogen (secondary N) is 2. The third kappa shape index (κ3) is 8.60. The molecule has 0 radical (unpaired) electrons. The zero-order chi connectivity index (χ0) is 20.5. The topological polar surface area (TPSA) is 69.2 Å². The van der Waals surface area contributed by atoms with Crippen molar-refractivity contribution in [2.45, 2.75) is 22.5 Å². The lowest BCUT2D eigenvalue weighted by molar-refractivity contribution is -0.127. The number of halogens is 1. The van der Waals surface area contributed by atoms with Crippen molar-refractivity contribution >= 4 is 47.6 Å². The second kappa shape index (κ2) is 12.7. The number of benzene rings is 1. The zero-order valence-electron chi connectivity index (χ0n) is 17.9. The minimum atomic E-state index is -0.000856. The van der Waals surface area contributed by atoms with E-state index in [0.29, 0.717) is 5.96 Å². The molecule has 1 aromatic rings. The molecule has 1 heterocycles. The Bertz CT molecular complexity index is 679. The summed E-state index contributed by atoms with van der Waals surface area (Å²) in [5, 5.41) is 6.88. The lowest BCUT2D eigenvalue weighted by Gasteiger charge is -2.27. The first-order valence-electron chi connectivity index (χ1n) is 10.3. The van der Waals surface area contributed by atoms with Crippen LogP contribution < -0.4 is 10.6 Å². The summed E-state index contributed by atoms with van der Waals surface area (Å²) in [5.41, 5.74) is 0. The average molecular weight is 548 g/mol. The normalized spacial score (nSPS) is 18.3. The van der Waals surface area contributed by atoms with Gasteiger partial charge in [0, 0.05) is 56.5 Å². The quantitative estimate of drug-likeness (QED) is 0.280. The Kier molecular flexibility index (Phi) is 10.7. The van der Waals surface area contributed by atoms with Crippen LogP contribution in [0.2, 0.25) is 0 Å². The highest BCUT2D eigenvalue weighted by atomic mass is 127. The van der Waals surface area contributed by atoms with E-state index in [2.05, 4.69) is 44.8 Å². The molecule has 1 aliphatic carbocycles. The fraction of sp³-hybridized carbons (Fsp3) is 0.619. The van der Waals surface area contributed by atoms with Crippen molar-refractivity contribution in [1.29, 1.82) is 0 Å². The lowest BCUT2D eigenvalue weighted by Crippen LogP contribution is -2.46. The number of morpholine rings is 1. The molecule has 0 atom stereocenters. The van der Waals surface area contributed by atoms with E-state index in [1.807, 2.05) is 17.8 Å². The molecule has 3 rings (SSSR count). The Morgan fingerprint density at radius 3 is 2.53 bits per heavy atom. The van der Waals surface area contributed by atoms with Gasteiger partial charge >= 0.3 is 0 Å². The summed E-state index contributed by atoms with van der Waals surface area (Å²) in [6.07, 6.45) is 2.38. The Morgan fingerprint density at radius 1 is 1.20 bits per heavy atom. The number of rotatable bonds is 9. The first-order chi connectivity index (χ1) is 14.1. The van der Waals surface area contributed by atoms with Crippen LogP contribution in [-0.2, 0) is 9.53 Å². The summed E-state index contributed by atoms with van der Waals surface area (Å²) in [5.74, 6) is 0.715. The predicted octanol–water partition coefficient (Wildman–Crippen LogP) is 1.88. The molecule has 1 aliphatic heterocycles. The molecule has 0 aromatic heterocycles. The number of amides is 1. The molecule has 2 aliphatic rings. The number of ether oxygens (including phenoxy) is 1. The molecule has 9 heteroatoms. The van der Waals surface area contributed by atoms with Crippen molar-refractivity contribution in [1.82, 2.24) is 20.4 Å². The highest BCUT2D eigenvalue weighted by Crippen LogP contribution is 2.51. The van der Waals surface area contributed by atoms with E-state index in [1.54, 1.807) is 19.0 Å². The van der Waals surface area contributed by atoms with Crippen LogP contribution in [0.4, 0.5) is 0 Å². The number of nitrogens with zero attached hydrogens (tertiary/aromatic N) is 3. The molecule has 1 saturated carbocycles. The summed E-state index contributed by atoms with van der Waals surface area (Å²) in [7, 11) is 3.51. The second-order valence-electron chi connectivity index (χ2n) is 7.79. The number of hydrogen-bond donors (Lipinski definition) is 2. The van der Waals surface area contributed by atoms with Crippen LogP contribution in [0.3, 0.4) is 0 Å². The summed E-state index contributed by atoms with van der Waals surface area (Å²) in [6.45, 7) is 6.27. The van der Waals surface area contributed by atoms with Crippen LogP contribution in [0.5, 0.6) is 0 Å². The fourth-order valence-corrected chi connectivity index (χ4v) is 4.30. The molecule has 2 N–H and O–H groups in total. The van der Waals surface area contributed by atoms with Crippen molar-refractivity contribution in [3.63, 3.8) is 0 Å². The van der Waals surface area contributed by atoms with E-state index in [1.165, 1.54) is 17.7 Å². The van der Waals surface area contributed by atoms with E-state index >= 15 is 0 Å². The number of carbonyl (C=O) groups excluding carboxylic acids is 1. The third-order valence-electron chi connectivity index (χ3n) is 5.16. The van der Waals surface area contributed by atoms with Crippen LogP contribution >= 0.6 is 35.7 Å². The van der Waals surface area contributed by atoms with Gasteiger partial charge < -0.3 is 20.3 Å². The molecule has 0 unspecified atom stereocenters. The van der Waals surface area contributed by atoms with E-state index in [9.17, 15) is 4.79 Å². The van der Waals surface area contributed by atoms with Crippen LogP contribution in [0, 0.1) is 0 Å². The highest BCUT2D eigenvalue weighted by Gasteiger charge is 2.43. The number of carbonyl (C=O) groups is 1. The van der Waals surface area contributed by atoms with Crippen molar-refractivity contribution in [3.05, 3.63) is 30.3 Å². The minimum Gasteiger partial charge on any atom is -0.379 e. The van der Waals surface area contributed by atoms with E-state index < -0.39 is 0 Å². The Labute approximate surface area is 201 Å². The van der Waals surface area contributed by atoms with Gasteiger partial charge in [0.05, 0.1) is 13.2 Å². The van der Waals surface area contributed by atoms with Gasteiger partial charge in [-0.2, -0.15) is 0 Å². The van der Waals surface area contributed by atoms with Gasteiger partial charge in [-0.3, -0.25) is 9.69 Å². The SMILES string of the molecule is CN(C)C(=O)CN=C(NCCN1CCOCC1)NCC1(Sc2ccccc2)CC1.I. The second-order valence-corrected chi connectivity index (χ2v) is 9.33. The summed E-state index contributed by atoms with van der Waals surface area (Å²) < 4.78 is 5.63. The van der Waals surface area contributed by atoms with Gasteiger partial charge in [0.2, 0.25) is 5.91 Å². The Hall–Kier alpha value is -1.04. The summed E-state index contributed by atoms with van der Waals surface area (Å²) >= 11 is 1.93. The van der Waals surface area contributed by atoms with E-state index in [-0.39, 0.29) is 41.2 Å². The number of guanidine groups is 1. The van der Waals surface area contributed by atoms with E-state index in [0.717, 1.165) is 45.9 Å². The molecule has 1 saturated heterocycles. The standard InChI is InChI=1S/C21H33N5O2S.HI/c1-25(2)19(27)16-23-20(22-10-11-26-12-14-28-15-13-26)24-17-21(8-9-21)29-18-6-4-3-5-7-18;/h3-7H,8-17H2,1-2H3,(H2,22,23,24);1H. The summed E-state index contributed by atoms with van der Waals surface area (Å²) in [6, 6.07) is 10.5. The number of aliphatic imine (C=N–C) groups is 1. The van der Waals surface area contributed by atoms with Gasteiger partial charge in [-0.05, 0) is 25.0 Å². The van der Waals surface area contributed by atoms with Crippen molar-refractivity contribution in [2.24, 2.45) is 4.99 Å². The van der Waals surface area contributed by atoms with Gasteiger partial charge in [-0.15, -0.1) is 35.7 Å². The third-order valence-corrected chi connectivity index (χ3v) is 6.65. The van der Waals surface area contributed by atoms with Gasteiger partial charge in [-0.25, -0.2) is 4.99 Å². The molecule has 168 valence electrons. The Morgan fingerprint density at radius 2 is 1.90 bits per heavy atom.